The summed E-state index contributed by atoms with van der Waals surface area (Å²) in [6.07, 6.45) is 2.22. The Hall–Kier alpha value is -2.03. The summed E-state index contributed by atoms with van der Waals surface area (Å²) in [5.74, 6) is 0.585. The van der Waals surface area contributed by atoms with E-state index < -0.39 is 0 Å². The van der Waals surface area contributed by atoms with Crippen LogP contribution in [0, 0.1) is 5.92 Å². The van der Waals surface area contributed by atoms with E-state index in [2.05, 4.69) is 6.92 Å². The third kappa shape index (κ3) is 2.24. The first-order valence-corrected chi connectivity index (χ1v) is 7.17. The Bertz CT molecular complexity index is 650. The molecule has 1 unspecified atom stereocenters. The monoisotopic (exact) mass is 269 g/mol. The summed E-state index contributed by atoms with van der Waals surface area (Å²) >= 11 is 0. The molecule has 2 aromatic rings. The Morgan fingerprint density at radius 3 is 2.85 bits per heavy atom. The predicted molar refractivity (Wildman–Crippen MR) is 79.9 cm³/mol. The topological polar surface area (TPSA) is 40.5 Å². The van der Waals surface area contributed by atoms with Gasteiger partial charge in [-0.1, -0.05) is 37.3 Å². The van der Waals surface area contributed by atoms with Gasteiger partial charge in [0.1, 0.15) is 5.75 Å². The van der Waals surface area contributed by atoms with Crippen LogP contribution in [0.15, 0.2) is 36.4 Å². The maximum atomic E-state index is 12.6. The van der Waals surface area contributed by atoms with Crippen LogP contribution in [0.1, 0.15) is 30.1 Å². The molecule has 2 aromatic carbocycles. The van der Waals surface area contributed by atoms with E-state index >= 15 is 0 Å². The van der Waals surface area contributed by atoms with Gasteiger partial charge in [0, 0.05) is 18.5 Å². The van der Waals surface area contributed by atoms with Gasteiger partial charge in [0.25, 0.3) is 5.91 Å². The zero-order valence-corrected chi connectivity index (χ0v) is 11.7. The summed E-state index contributed by atoms with van der Waals surface area (Å²) in [5.41, 5.74) is 0.415. The number of phenolic OH excluding ortho intramolecular Hbond substituents is 1. The Labute approximate surface area is 118 Å². The third-order valence-corrected chi connectivity index (χ3v) is 4.08. The van der Waals surface area contributed by atoms with Crippen LogP contribution in [0.5, 0.6) is 5.75 Å². The fraction of sp³-hybridized carbons (Fsp3) is 0.353. The van der Waals surface area contributed by atoms with Crippen LogP contribution in [0.25, 0.3) is 10.8 Å². The molecule has 20 heavy (non-hydrogen) atoms. The molecule has 0 radical (unpaired) electrons. The van der Waals surface area contributed by atoms with Gasteiger partial charge in [0.05, 0.1) is 5.56 Å². The van der Waals surface area contributed by atoms with Crippen molar-refractivity contribution in [2.24, 2.45) is 5.92 Å². The molecule has 1 atom stereocenters. The number of benzene rings is 2. The number of hydrogen-bond donors (Lipinski definition) is 1. The molecule has 1 heterocycles. The maximum absolute atomic E-state index is 12.6. The van der Waals surface area contributed by atoms with Crippen molar-refractivity contribution in [3.63, 3.8) is 0 Å². The molecule has 0 aromatic heterocycles. The van der Waals surface area contributed by atoms with E-state index in [4.69, 9.17) is 0 Å². The highest BCUT2D eigenvalue weighted by molar-refractivity contribution is 6.03. The van der Waals surface area contributed by atoms with Gasteiger partial charge < -0.3 is 10.0 Å². The minimum absolute atomic E-state index is 0.0557. The summed E-state index contributed by atoms with van der Waals surface area (Å²) in [6.45, 7) is 3.74. The molecule has 1 aliphatic rings. The van der Waals surface area contributed by atoms with E-state index in [0.717, 1.165) is 30.3 Å². The molecule has 104 valence electrons. The lowest BCUT2D eigenvalue weighted by molar-refractivity contribution is 0.0680. The molecule has 1 saturated heterocycles. The van der Waals surface area contributed by atoms with Crippen molar-refractivity contribution < 1.29 is 9.90 Å². The van der Waals surface area contributed by atoms with Gasteiger partial charge in [0.15, 0.2) is 0 Å². The number of nitrogens with zero attached hydrogens (tertiary/aromatic N) is 1. The lowest BCUT2D eigenvalue weighted by Crippen LogP contribution is -2.39. The average molecular weight is 269 g/mol. The fourth-order valence-corrected chi connectivity index (χ4v) is 2.97. The second kappa shape index (κ2) is 5.16. The number of hydrogen-bond acceptors (Lipinski definition) is 2. The van der Waals surface area contributed by atoms with E-state index in [1.54, 1.807) is 6.07 Å². The molecule has 1 fully saturated rings. The second-order valence-electron chi connectivity index (χ2n) is 5.68. The highest BCUT2D eigenvalue weighted by atomic mass is 16.3. The van der Waals surface area contributed by atoms with E-state index in [0.29, 0.717) is 11.5 Å². The summed E-state index contributed by atoms with van der Waals surface area (Å²) in [5, 5.41) is 12.1. The minimum atomic E-state index is -0.0557. The SMILES string of the molecule is CC1CCCN(C(=O)c2ccc3ccccc3c2O)C1. The van der Waals surface area contributed by atoms with Crippen molar-refractivity contribution in [1.29, 1.82) is 0 Å². The molecule has 3 rings (SSSR count). The predicted octanol–water partition coefficient (Wildman–Crippen LogP) is 3.42. The molecule has 1 aliphatic heterocycles. The molecular formula is C17H19NO2. The van der Waals surface area contributed by atoms with Gasteiger partial charge in [-0.3, -0.25) is 4.79 Å². The highest BCUT2D eigenvalue weighted by Gasteiger charge is 2.24. The van der Waals surface area contributed by atoms with Gasteiger partial charge in [-0.05, 0) is 30.2 Å². The Balaban J connectivity index is 1.97. The zero-order valence-electron chi connectivity index (χ0n) is 11.7. The first-order chi connectivity index (χ1) is 9.66. The fourth-order valence-electron chi connectivity index (χ4n) is 2.97. The second-order valence-corrected chi connectivity index (χ2v) is 5.68. The lowest BCUT2D eigenvalue weighted by atomic mass is 9.98. The average Bonchev–Trinajstić information content (AvgIpc) is 2.47. The van der Waals surface area contributed by atoms with Crippen molar-refractivity contribution >= 4 is 16.7 Å². The summed E-state index contributed by atoms with van der Waals surface area (Å²) < 4.78 is 0. The number of likely N-dealkylation sites (tertiary alicyclic amines) is 1. The van der Waals surface area contributed by atoms with E-state index in [-0.39, 0.29) is 11.7 Å². The standard InChI is InChI=1S/C17H19NO2/c1-12-5-4-10-18(11-12)17(20)15-9-8-13-6-2-3-7-14(13)16(15)19/h2-3,6-9,12,19H,4-5,10-11H2,1H3. The molecule has 3 heteroatoms. The van der Waals surface area contributed by atoms with E-state index in [9.17, 15) is 9.90 Å². The summed E-state index contributed by atoms with van der Waals surface area (Å²) in [4.78, 5) is 14.4. The largest absolute Gasteiger partial charge is 0.506 e. The highest BCUT2D eigenvalue weighted by Crippen LogP contribution is 2.30. The Morgan fingerprint density at radius 2 is 2.05 bits per heavy atom. The van der Waals surface area contributed by atoms with Crippen LogP contribution >= 0.6 is 0 Å². The van der Waals surface area contributed by atoms with Gasteiger partial charge in [-0.15, -0.1) is 0 Å². The molecular weight excluding hydrogens is 250 g/mol. The Kier molecular flexibility index (Phi) is 3.35. The smallest absolute Gasteiger partial charge is 0.257 e. The summed E-state index contributed by atoms with van der Waals surface area (Å²) in [7, 11) is 0. The van der Waals surface area contributed by atoms with Crippen LogP contribution in [-0.4, -0.2) is 29.0 Å². The van der Waals surface area contributed by atoms with Crippen LogP contribution < -0.4 is 0 Å². The number of carbonyl (C=O) groups excluding carboxylic acids is 1. The first-order valence-electron chi connectivity index (χ1n) is 7.17. The number of fused-ring (bicyclic) bond motifs is 1. The van der Waals surface area contributed by atoms with Crippen molar-refractivity contribution in [3.05, 3.63) is 42.0 Å². The number of carbonyl (C=O) groups is 1. The number of aromatic hydroxyl groups is 1. The molecule has 1 amide bonds. The minimum Gasteiger partial charge on any atom is -0.506 e. The van der Waals surface area contributed by atoms with Crippen LogP contribution in [0.3, 0.4) is 0 Å². The van der Waals surface area contributed by atoms with Gasteiger partial charge in [-0.2, -0.15) is 0 Å². The molecule has 0 saturated carbocycles. The van der Waals surface area contributed by atoms with E-state index in [1.807, 2.05) is 35.2 Å². The number of amides is 1. The Morgan fingerprint density at radius 1 is 1.25 bits per heavy atom. The quantitative estimate of drug-likeness (QED) is 0.861. The normalized spacial score (nSPS) is 19.2. The van der Waals surface area contributed by atoms with Crippen molar-refractivity contribution in [2.45, 2.75) is 19.8 Å². The van der Waals surface area contributed by atoms with Crippen LogP contribution in [0.4, 0.5) is 0 Å². The van der Waals surface area contributed by atoms with Crippen molar-refractivity contribution in [2.75, 3.05) is 13.1 Å². The molecule has 1 N–H and O–H groups in total. The maximum Gasteiger partial charge on any atom is 0.257 e. The van der Waals surface area contributed by atoms with Crippen molar-refractivity contribution in [1.82, 2.24) is 4.90 Å². The molecule has 0 spiro atoms. The van der Waals surface area contributed by atoms with Gasteiger partial charge >= 0.3 is 0 Å². The molecule has 0 bridgehead atoms. The first kappa shape index (κ1) is 13.0. The third-order valence-electron chi connectivity index (χ3n) is 4.08. The summed E-state index contributed by atoms with van der Waals surface area (Å²) in [6, 6.07) is 11.2. The van der Waals surface area contributed by atoms with E-state index in [1.165, 1.54) is 6.42 Å². The zero-order chi connectivity index (χ0) is 14.1. The van der Waals surface area contributed by atoms with Gasteiger partial charge in [-0.25, -0.2) is 0 Å². The molecule has 3 nitrogen and oxygen atoms in total. The number of piperidine rings is 1. The molecule has 0 aliphatic carbocycles. The number of phenols is 1. The number of rotatable bonds is 1. The van der Waals surface area contributed by atoms with Crippen molar-refractivity contribution in [3.8, 4) is 5.75 Å². The van der Waals surface area contributed by atoms with Gasteiger partial charge in [0.2, 0.25) is 0 Å². The van der Waals surface area contributed by atoms with Crippen LogP contribution in [-0.2, 0) is 0 Å². The van der Waals surface area contributed by atoms with Crippen LogP contribution in [0.2, 0.25) is 0 Å². The lowest BCUT2D eigenvalue weighted by Gasteiger charge is -2.31.